The van der Waals surface area contributed by atoms with Crippen LogP contribution in [0.15, 0.2) is 119 Å². The summed E-state index contributed by atoms with van der Waals surface area (Å²) in [4.78, 5) is 24.4. The Hall–Kier alpha value is -5.24. The molecule has 4 aromatic rings. The maximum Gasteiger partial charge on any atom is 0.240 e. The number of ether oxygens (including phenoxy) is 2. The van der Waals surface area contributed by atoms with Gasteiger partial charge in [-0.1, -0.05) is 84.9 Å². The first kappa shape index (κ1) is 29.7. The molecule has 4 rings (SSSR count). The molecule has 0 aliphatic carbocycles. The molecule has 0 unspecified atom stereocenters. The summed E-state index contributed by atoms with van der Waals surface area (Å²) in [5.74, 6) is 0.909. The number of carbonyl (C=O) groups excluding carboxylic acids is 2. The Kier molecular flexibility index (Phi) is 11.9. The van der Waals surface area contributed by atoms with Gasteiger partial charge in [-0.15, -0.1) is 0 Å². The number of carbonyl (C=O) groups is 2. The predicted molar refractivity (Wildman–Crippen MR) is 164 cm³/mol. The number of rotatable bonds is 15. The Morgan fingerprint density at radius 2 is 0.929 bits per heavy atom. The van der Waals surface area contributed by atoms with Crippen molar-refractivity contribution in [1.29, 1.82) is 0 Å². The minimum atomic E-state index is -0.223. The average molecular weight is 563 g/mol. The van der Waals surface area contributed by atoms with Crippen molar-refractivity contribution >= 4 is 24.2 Å². The van der Waals surface area contributed by atoms with E-state index >= 15 is 0 Å². The van der Waals surface area contributed by atoms with Crippen molar-refractivity contribution in [2.75, 3.05) is 0 Å². The molecule has 8 heteroatoms. The Bertz CT molecular complexity index is 1360. The lowest BCUT2D eigenvalue weighted by Gasteiger charge is -2.09. The molecule has 8 nitrogen and oxygen atoms in total. The molecule has 42 heavy (non-hydrogen) atoms. The van der Waals surface area contributed by atoms with Crippen LogP contribution in [0.2, 0.25) is 0 Å². The van der Waals surface area contributed by atoms with E-state index in [-0.39, 0.29) is 24.7 Å². The van der Waals surface area contributed by atoms with Gasteiger partial charge in [0.05, 0.1) is 12.4 Å². The quantitative estimate of drug-likeness (QED) is 0.105. The van der Waals surface area contributed by atoms with Gasteiger partial charge >= 0.3 is 0 Å². The second kappa shape index (κ2) is 16.8. The first-order valence-corrected chi connectivity index (χ1v) is 13.8. The van der Waals surface area contributed by atoms with Crippen LogP contribution in [0, 0.1) is 0 Å². The highest BCUT2D eigenvalue weighted by Crippen LogP contribution is 2.18. The van der Waals surface area contributed by atoms with E-state index in [2.05, 4.69) is 21.1 Å². The number of benzene rings is 4. The van der Waals surface area contributed by atoms with Gasteiger partial charge in [-0.05, 0) is 48.2 Å². The Labute approximate surface area is 246 Å². The first-order chi connectivity index (χ1) is 20.7. The summed E-state index contributed by atoms with van der Waals surface area (Å²) in [5.41, 5.74) is 8.72. The summed E-state index contributed by atoms with van der Waals surface area (Å²) in [6.07, 6.45) is 4.73. The Morgan fingerprint density at radius 3 is 1.36 bits per heavy atom. The van der Waals surface area contributed by atoms with Gasteiger partial charge < -0.3 is 9.47 Å². The molecule has 0 fully saturated rings. The monoisotopic (exact) mass is 562 g/mol. The molecule has 0 heterocycles. The maximum absolute atomic E-state index is 12.2. The fourth-order valence-corrected chi connectivity index (χ4v) is 3.94. The predicted octanol–water partition coefficient (Wildman–Crippen LogP) is 6.01. The standard InChI is InChI=1S/C34H34N4O4/c39-33(37-35-23-29-17-7-9-19-31(29)41-25-27-13-3-1-4-14-27)21-11-12-22-34(40)38-36-24-30-18-8-10-20-32(30)42-26-28-15-5-2-6-16-28/h1-10,13-20,23-24H,11-12,21-22,25-26H2,(H,37,39)(H,38,40)/b35-23-,36-24-. The number of nitrogens with zero attached hydrogens (tertiary/aromatic N) is 2. The third-order valence-electron chi connectivity index (χ3n) is 6.16. The van der Waals surface area contributed by atoms with Gasteiger partial charge in [0.1, 0.15) is 24.7 Å². The third-order valence-corrected chi connectivity index (χ3v) is 6.16. The van der Waals surface area contributed by atoms with Crippen LogP contribution in [-0.2, 0) is 22.8 Å². The minimum Gasteiger partial charge on any atom is -0.488 e. The zero-order valence-corrected chi connectivity index (χ0v) is 23.3. The van der Waals surface area contributed by atoms with E-state index in [4.69, 9.17) is 9.47 Å². The molecule has 0 spiro atoms. The van der Waals surface area contributed by atoms with E-state index < -0.39 is 0 Å². The van der Waals surface area contributed by atoms with E-state index in [0.717, 1.165) is 22.3 Å². The number of hydrogen-bond acceptors (Lipinski definition) is 6. The van der Waals surface area contributed by atoms with Crippen molar-refractivity contribution in [3.8, 4) is 11.5 Å². The number of para-hydroxylation sites is 2. The molecule has 0 aromatic heterocycles. The van der Waals surface area contributed by atoms with Gasteiger partial charge in [0.2, 0.25) is 11.8 Å². The normalized spacial score (nSPS) is 11.0. The van der Waals surface area contributed by atoms with Crippen molar-refractivity contribution in [2.45, 2.75) is 38.9 Å². The summed E-state index contributed by atoms with van der Waals surface area (Å²) in [6, 6.07) is 34.8. The number of amides is 2. The van der Waals surface area contributed by atoms with Crippen LogP contribution in [0.4, 0.5) is 0 Å². The van der Waals surface area contributed by atoms with Gasteiger partial charge in [-0.2, -0.15) is 10.2 Å². The average Bonchev–Trinajstić information content (AvgIpc) is 3.03. The molecule has 0 aliphatic heterocycles. The van der Waals surface area contributed by atoms with Gasteiger partial charge in [-0.25, -0.2) is 10.9 Å². The second-order valence-corrected chi connectivity index (χ2v) is 9.42. The zero-order valence-electron chi connectivity index (χ0n) is 23.3. The van der Waals surface area contributed by atoms with Gasteiger partial charge in [0, 0.05) is 24.0 Å². The minimum absolute atomic E-state index is 0.223. The summed E-state index contributed by atoms with van der Waals surface area (Å²) in [7, 11) is 0. The molecular formula is C34H34N4O4. The van der Waals surface area contributed by atoms with Gasteiger partial charge in [0.15, 0.2) is 0 Å². The molecule has 0 aliphatic rings. The fraction of sp³-hybridized carbons (Fsp3) is 0.176. The van der Waals surface area contributed by atoms with Crippen LogP contribution in [0.1, 0.15) is 47.9 Å². The van der Waals surface area contributed by atoms with Crippen LogP contribution in [-0.4, -0.2) is 24.2 Å². The SMILES string of the molecule is O=C(CCCCC(=O)N/N=C\c1ccccc1OCc1ccccc1)N/N=C\c1ccccc1OCc1ccccc1. The van der Waals surface area contributed by atoms with Crippen molar-refractivity contribution in [2.24, 2.45) is 10.2 Å². The molecule has 214 valence electrons. The Balaban J connectivity index is 1.13. The molecule has 4 aromatic carbocycles. The van der Waals surface area contributed by atoms with Crippen molar-refractivity contribution in [3.05, 3.63) is 131 Å². The summed E-state index contributed by atoms with van der Waals surface area (Å²) in [6.45, 7) is 0.876. The van der Waals surface area contributed by atoms with E-state index in [0.29, 0.717) is 37.6 Å². The summed E-state index contributed by atoms with van der Waals surface area (Å²) < 4.78 is 11.8. The number of hydrogen-bond donors (Lipinski definition) is 2. The maximum atomic E-state index is 12.2. The number of unbranched alkanes of at least 4 members (excludes halogenated alkanes) is 1. The van der Waals surface area contributed by atoms with E-state index in [9.17, 15) is 9.59 Å². The third kappa shape index (κ3) is 10.4. The molecule has 0 radical (unpaired) electrons. The van der Waals surface area contributed by atoms with Crippen molar-refractivity contribution < 1.29 is 19.1 Å². The van der Waals surface area contributed by atoms with Gasteiger partial charge in [-0.3, -0.25) is 9.59 Å². The van der Waals surface area contributed by atoms with Crippen molar-refractivity contribution in [3.63, 3.8) is 0 Å². The zero-order chi connectivity index (χ0) is 29.2. The van der Waals surface area contributed by atoms with Crippen LogP contribution in [0.5, 0.6) is 11.5 Å². The lowest BCUT2D eigenvalue weighted by Crippen LogP contribution is -2.19. The van der Waals surface area contributed by atoms with E-state index in [1.54, 1.807) is 12.4 Å². The van der Waals surface area contributed by atoms with E-state index in [1.165, 1.54) is 0 Å². The molecular weight excluding hydrogens is 528 g/mol. The first-order valence-electron chi connectivity index (χ1n) is 13.8. The van der Waals surface area contributed by atoms with Crippen LogP contribution in [0.3, 0.4) is 0 Å². The lowest BCUT2D eigenvalue weighted by atomic mass is 10.2. The highest BCUT2D eigenvalue weighted by atomic mass is 16.5. The highest BCUT2D eigenvalue weighted by Gasteiger charge is 2.05. The molecule has 0 saturated carbocycles. The largest absolute Gasteiger partial charge is 0.488 e. The van der Waals surface area contributed by atoms with Crippen LogP contribution < -0.4 is 20.3 Å². The molecule has 2 N–H and O–H groups in total. The fourth-order valence-electron chi connectivity index (χ4n) is 3.94. The molecule has 2 amide bonds. The molecule has 0 saturated heterocycles. The Morgan fingerprint density at radius 1 is 0.548 bits per heavy atom. The number of nitrogens with one attached hydrogen (secondary N) is 2. The van der Waals surface area contributed by atoms with Gasteiger partial charge in [0.25, 0.3) is 0 Å². The molecule has 0 bridgehead atoms. The van der Waals surface area contributed by atoms with Crippen LogP contribution in [0.25, 0.3) is 0 Å². The smallest absolute Gasteiger partial charge is 0.240 e. The number of hydrazone groups is 2. The van der Waals surface area contributed by atoms with Crippen LogP contribution >= 0.6 is 0 Å². The second-order valence-electron chi connectivity index (χ2n) is 9.42. The van der Waals surface area contributed by atoms with Crippen molar-refractivity contribution in [1.82, 2.24) is 10.9 Å². The lowest BCUT2D eigenvalue weighted by molar-refractivity contribution is -0.123. The highest BCUT2D eigenvalue weighted by molar-refractivity contribution is 5.86. The summed E-state index contributed by atoms with van der Waals surface area (Å²) in [5, 5.41) is 8.13. The van der Waals surface area contributed by atoms with E-state index in [1.807, 2.05) is 109 Å². The molecule has 0 atom stereocenters. The topological polar surface area (TPSA) is 101 Å². The summed E-state index contributed by atoms with van der Waals surface area (Å²) >= 11 is 0.